The standard InChI is InChI=1S/C21H18N4O2/c1-15-13-19(25(24-15)14-16-7-3-2-4-8-16)23-20(26)11-12-21-22-17-9-5-6-10-18(17)27-21/h2-13H,14H2,1H3,(H,23,26)/b12-11+. The highest BCUT2D eigenvalue weighted by Crippen LogP contribution is 2.16. The summed E-state index contributed by atoms with van der Waals surface area (Å²) in [4.78, 5) is 16.6. The lowest BCUT2D eigenvalue weighted by molar-refractivity contribution is -0.111. The molecule has 6 heteroatoms. The summed E-state index contributed by atoms with van der Waals surface area (Å²) in [5.74, 6) is 0.760. The molecule has 0 fully saturated rings. The third-order valence-electron chi connectivity index (χ3n) is 4.02. The molecule has 134 valence electrons. The van der Waals surface area contributed by atoms with Gasteiger partial charge in [-0.1, -0.05) is 42.5 Å². The first-order valence-electron chi connectivity index (χ1n) is 8.60. The fourth-order valence-electron chi connectivity index (χ4n) is 2.80. The molecule has 0 unspecified atom stereocenters. The minimum atomic E-state index is -0.272. The SMILES string of the molecule is Cc1cc(NC(=O)/C=C/c2nc3ccccc3o2)n(Cc2ccccc2)n1. The number of nitrogens with zero attached hydrogens (tertiary/aromatic N) is 3. The number of benzene rings is 2. The number of rotatable bonds is 5. The molecule has 2 aromatic carbocycles. The van der Waals surface area contributed by atoms with Crippen molar-refractivity contribution in [2.24, 2.45) is 0 Å². The topological polar surface area (TPSA) is 73.0 Å². The Morgan fingerprint density at radius 2 is 1.93 bits per heavy atom. The van der Waals surface area contributed by atoms with E-state index in [-0.39, 0.29) is 5.91 Å². The molecule has 1 amide bonds. The number of anilines is 1. The molecule has 0 atom stereocenters. The monoisotopic (exact) mass is 358 g/mol. The Kier molecular flexibility index (Phi) is 4.53. The summed E-state index contributed by atoms with van der Waals surface area (Å²) in [6.07, 6.45) is 2.96. The number of fused-ring (bicyclic) bond motifs is 1. The molecule has 4 rings (SSSR count). The quantitative estimate of drug-likeness (QED) is 0.547. The molecule has 4 aromatic rings. The minimum Gasteiger partial charge on any atom is -0.437 e. The lowest BCUT2D eigenvalue weighted by Crippen LogP contribution is -2.13. The smallest absolute Gasteiger partial charge is 0.249 e. The van der Waals surface area contributed by atoms with Crippen LogP contribution in [0.5, 0.6) is 0 Å². The lowest BCUT2D eigenvalue weighted by Gasteiger charge is -2.07. The highest BCUT2D eigenvalue weighted by molar-refractivity contribution is 6.01. The summed E-state index contributed by atoms with van der Waals surface area (Å²) in [5, 5.41) is 7.31. The average Bonchev–Trinajstić information content (AvgIpc) is 3.23. The first kappa shape index (κ1) is 16.8. The number of para-hydroxylation sites is 2. The van der Waals surface area contributed by atoms with E-state index < -0.39 is 0 Å². The summed E-state index contributed by atoms with van der Waals surface area (Å²) >= 11 is 0. The van der Waals surface area contributed by atoms with Crippen LogP contribution < -0.4 is 5.32 Å². The normalized spacial score (nSPS) is 11.3. The number of oxazole rings is 1. The number of hydrogen-bond donors (Lipinski definition) is 1. The maximum absolute atomic E-state index is 12.3. The highest BCUT2D eigenvalue weighted by Gasteiger charge is 2.09. The molecule has 0 aliphatic rings. The van der Waals surface area contributed by atoms with Crippen LogP contribution in [0.25, 0.3) is 17.2 Å². The predicted molar refractivity (Wildman–Crippen MR) is 104 cm³/mol. The van der Waals surface area contributed by atoms with Gasteiger partial charge in [-0.05, 0) is 24.6 Å². The van der Waals surface area contributed by atoms with Gasteiger partial charge >= 0.3 is 0 Å². The third kappa shape index (κ3) is 3.95. The second-order valence-corrected chi connectivity index (χ2v) is 6.16. The van der Waals surface area contributed by atoms with Crippen molar-refractivity contribution >= 4 is 28.9 Å². The summed E-state index contributed by atoms with van der Waals surface area (Å²) in [5.41, 5.74) is 3.39. The summed E-state index contributed by atoms with van der Waals surface area (Å²) in [6.45, 7) is 2.48. The van der Waals surface area contributed by atoms with Crippen LogP contribution >= 0.6 is 0 Å². The Hall–Kier alpha value is -3.67. The van der Waals surface area contributed by atoms with Gasteiger partial charge in [-0.2, -0.15) is 5.10 Å². The second kappa shape index (κ2) is 7.29. The van der Waals surface area contributed by atoms with Crippen LogP contribution in [0.2, 0.25) is 0 Å². The number of carbonyl (C=O) groups is 1. The first-order chi connectivity index (χ1) is 13.2. The second-order valence-electron chi connectivity index (χ2n) is 6.16. The molecule has 2 aromatic heterocycles. The van der Waals surface area contributed by atoms with Crippen LogP contribution in [-0.2, 0) is 11.3 Å². The van der Waals surface area contributed by atoms with Crippen molar-refractivity contribution in [1.82, 2.24) is 14.8 Å². The largest absolute Gasteiger partial charge is 0.437 e. The van der Waals surface area contributed by atoms with E-state index in [0.717, 1.165) is 16.8 Å². The van der Waals surface area contributed by atoms with E-state index in [1.807, 2.05) is 67.6 Å². The minimum absolute atomic E-state index is 0.272. The van der Waals surface area contributed by atoms with Gasteiger partial charge < -0.3 is 9.73 Å². The van der Waals surface area contributed by atoms with Crippen molar-refractivity contribution in [1.29, 1.82) is 0 Å². The molecule has 6 nitrogen and oxygen atoms in total. The molecule has 0 bridgehead atoms. The molecule has 0 saturated heterocycles. The van der Waals surface area contributed by atoms with Crippen molar-refractivity contribution < 1.29 is 9.21 Å². The molecular formula is C21H18N4O2. The van der Waals surface area contributed by atoms with Crippen LogP contribution in [0.3, 0.4) is 0 Å². The zero-order valence-corrected chi connectivity index (χ0v) is 14.8. The molecule has 0 aliphatic heterocycles. The fraction of sp³-hybridized carbons (Fsp3) is 0.0952. The van der Waals surface area contributed by atoms with Gasteiger partial charge in [0.15, 0.2) is 5.58 Å². The molecule has 2 heterocycles. The van der Waals surface area contributed by atoms with Crippen LogP contribution in [0.4, 0.5) is 5.82 Å². The van der Waals surface area contributed by atoms with E-state index in [1.54, 1.807) is 10.8 Å². The van der Waals surface area contributed by atoms with Gasteiger partial charge in [0.1, 0.15) is 11.3 Å². The van der Waals surface area contributed by atoms with Crippen molar-refractivity contribution in [2.75, 3.05) is 5.32 Å². The van der Waals surface area contributed by atoms with Crippen molar-refractivity contribution in [3.05, 3.63) is 83.9 Å². The number of aryl methyl sites for hydroxylation is 1. The summed E-state index contributed by atoms with van der Waals surface area (Å²) in [6, 6.07) is 19.3. The number of carbonyl (C=O) groups excluding carboxylic acids is 1. The Labute approximate surface area is 156 Å². The third-order valence-corrected chi connectivity index (χ3v) is 4.02. The zero-order valence-electron chi connectivity index (χ0n) is 14.8. The van der Waals surface area contributed by atoms with Gasteiger partial charge in [0.25, 0.3) is 0 Å². The molecule has 1 N–H and O–H groups in total. The van der Waals surface area contributed by atoms with Gasteiger partial charge in [0, 0.05) is 18.2 Å². The van der Waals surface area contributed by atoms with E-state index in [0.29, 0.717) is 23.8 Å². The molecular weight excluding hydrogens is 340 g/mol. The highest BCUT2D eigenvalue weighted by atomic mass is 16.3. The number of hydrogen-bond acceptors (Lipinski definition) is 4. The van der Waals surface area contributed by atoms with Crippen LogP contribution in [0.15, 0.2) is 71.2 Å². The Balaban J connectivity index is 1.47. The van der Waals surface area contributed by atoms with Crippen molar-refractivity contribution in [2.45, 2.75) is 13.5 Å². The van der Waals surface area contributed by atoms with E-state index in [4.69, 9.17) is 4.42 Å². The van der Waals surface area contributed by atoms with Gasteiger partial charge in [-0.3, -0.25) is 4.79 Å². The lowest BCUT2D eigenvalue weighted by atomic mass is 10.2. The molecule has 0 radical (unpaired) electrons. The maximum atomic E-state index is 12.3. The Morgan fingerprint density at radius 3 is 2.74 bits per heavy atom. The predicted octanol–water partition coefficient (Wildman–Crippen LogP) is 4.03. The molecule has 27 heavy (non-hydrogen) atoms. The van der Waals surface area contributed by atoms with Gasteiger partial charge in [0.2, 0.25) is 11.8 Å². The molecule has 0 aliphatic carbocycles. The summed E-state index contributed by atoms with van der Waals surface area (Å²) in [7, 11) is 0. The van der Waals surface area contributed by atoms with Crippen LogP contribution in [0.1, 0.15) is 17.1 Å². The average molecular weight is 358 g/mol. The molecule has 0 saturated carbocycles. The maximum Gasteiger partial charge on any atom is 0.249 e. The van der Waals surface area contributed by atoms with E-state index >= 15 is 0 Å². The fourth-order valence-corrected chi connectivity index (χ4v) is 2.80. The van der Waals surface area contributed by atoms with E-state index in [9.17, 15) is 4.79 Å². The zero-order chi connectivity index (χ0) is 18.6. The number of aromatic nitrogens is 3. The van der Waals surface area contributed by atoms with Gasteiger partial charge in [-0.25, -0.2) is 9.67 Å². The van der Waals surface area contributed by atoms with Crippen LogP contribution in [0, 0.1) is 6.92 Å². The first-order valence-corrected chi connectivity index (χ1v) is 8.60. The van der Waals surface area contributed by atoms with E-state index in [2.05, 4.69) is 15.4 Å². The van der Waals surface area contributed by atoms with Gasteiger partial charge in [-0.15, -0.1) is 0 Å². The summed E-state index contributed by atoms with van der Waals surface area (Å²) < 4.78 is 7.35. The molecule has 0 spiro atoms. The van der Waals surface area contributed by atoms with E-state index in [1.165, 1.54) is 6.08 Å². The Bertz CT molecular complexity index is 1080. The van der Waals surface area contributed by atoms with Crippen molar-refractivity contribution in [3.63, 3.8) is 0 Å². The van der Waals surface area contributed by atoms with Gasteiger partial charge in [0.05, 0.1) is 12.2 Å². The van der Waals surface area contributed by atoms with Crippen LogP contribution in [-0.4, -0.2) is 20.7 Å². The Morgan fingerprint density at radius 1 is 1.15 bits per heavy atom. The van der Waals surface area contributed by atoms with Crippen molar-refractivity contribution in [3.8, 4) is 0 Å². The number of amides is 1. The number of nitrogens with one attached hydrogen (secondary N) is 1.